The highest BCUT2D eigenvalue weighted by atomic mass is 32.2. The summed E-state index contributed by atoms with van der Waals surface area (Å²) in [6.45, 7) is 0. The van der Waals surface area contributed by atoms with Gasteiger partial charge < -0.3 is 5.32 Å². The van der Waals surface area contributed by atoms with Gasteiger partial charge in [-0.05, 0) is 31.2 Å². The Hall–Kier alpha value is -1.32. The number of nitrogens with one attached hydrogen (secondary N) is 1. The summed E-state index contributed by atoms with van der Waals surface area (Å²) >= 11 is 1.56. The van der Waals surface area contributed by atoms with Gasteiger partial charge in [0.25, 0.3) is 0 Å². The van der Waals surface area contributed by atoms with Crippen LogP contribution in [0.1, 0.15) is 5.56 Å². The van der Waals surface area contributed by atoms with Crippen LogP contribution in [-0.2, 0) is 6.42 Å². The van der Waals surface area contributed by atoms with E-state index in [0.717, 1.165) is 17.1 Å². The van der Waals surface area contributed by atoms with E-state index in [-0.39, 0.29) is 5.82 Å². The lowest BCUT2D eigenvalue weighted by molar-refractivity contribution is 0.598. The molecule has 1 nitrogen and oxygen atoms in total. The third-order valence-electron chi connectivity index (χ3n) is 3.01. The van der Waals surface area contributed by atoms with Gasteiger partial charge in [0.15, 0.2) is 0 Å². The van der Waals surface area contributed by atoms with Crippen molar-refractivity contribution in [2.24, 2.45) is 0 Å². The molecule has 2 aromatic rings. The summed E-state index contributed by atoms with van der Waals surface area (Å²) in [6, 6.07) is 17.6. The van der Waals surface area contributed by atoms with Crippen molar-refractivity contribution in [1.29, 1.82) is 0 Å². The van der Waals surface area contributed by atoms with Crippen LogP contribution in [0.15, 0.2) is 59.5 Å². The third-order valence-corrected chi connectivity index (χ3v) is 4.22. The van der Waals surface area contributed by atoms with Crippen LogP contribution >= 0.6 is 11.8 Å². The van der Waals surface area contributed by atoms with Crippen LogP contribution < -0.4 is 5.32 Å². The van der Waals surface area contributed by atoms with Crippen molar-refractivity contribution in [1.82, 2.24) is 5.32 Å². The van der Waals surface area contributed by atoms with Crippen molar-refractivity contribution < 1.29 is 4.39 Å². The normalized spacial score (nSPS) is 12.3. The van der Waals surface area contributed by atoms with Gasteiger partial charge in [-0.3, -0.25) is 0 Å². The first-order valence-electron chi connectivity index (χ1n) is 6.38. The Kier molecular flexibility index (Phi) is 5.43. The zero-order valence-electron chi connectivity index (χ0n) is 11.0. The summed E-state index contributed by atoms with van der Waals surface area (Å²) in [7, 11) is 1.95. The van der Waals surface area contributed by atoms with Crippen molar-refractivity contribution in [2.45, 2.75) is 17.4 Å². The fraction of sp³-hybridized carbons (Fsp3) is 0.250. The maximum atomic E-state index is 13.5. The molecule has 1 atom stereocenters. The van der Waals surface area contributed by atoms with E-state index in [0.29, 0.717) is 6.04 Å². The number of hydrogen-bond acceptors (Lipinski definition) is 2. The van der Waals surface area contributed by atoms with Crippen LogP contribution in [0.5, 0.6) is 0 Å². The molecule has 0 aliphatic heterocycles. The second-order valence-corrected chi connectivity index (χ2v) is 5.48. The van der Waals surface area contributed by atoms with E-state index in [1.54, 1.807) is 17.8 Å². The standard InChI is InChI=1S/C16H18FNS/c1-18-14(11-13-7-3-2-4-8-13)12-19-16-10-6-5-9-15(16)17/h2-10,14,18H,11-12H2,1H3. The second-order valence-electron chi connectivity index (χ2n) is 4.42. The van der Waals surface area contributed by atoms with Crippen LogP contribution in [0.2, 0.25) is 0 Å². The molecular formula is C16H18FNS. The molecule has 0 bridgehead atoms. The topological polar surface area (TPSA) is 12.0 Å². The molecule has 2 aromatic carbocycles. The highest BCUT2D eigenvalue weighted by Crippen LogP contribution is 2.22. The molecule has 1 N–H and O–H groups in total. The van der Waals surface area contributed by atoms with Crippen LogP contribution in [0.3, 0.4) is 0 Å². The molecule has 0 saturated heterocycles. The molecule has 19 heavy (non-hydrogen) atoms. The van der Waals surface area contributed by atoms with E-state index in [1.807, 2.05) is 37.4 Å². The van der Waals surface area contributed by atoms with Crippen molar-refractivity contribution in [2.75, 3.05) is 12.8 Å². The van der Waals surface area contributed by atoms with Gasteiger partial charge >= 0.3 is 0 Å². The molecule has 0 aromatic heterocycles. The fourth-order valence-corrected chi connectivity index (χ4v) is 2.94. The van der Waals surface area contributed by atoms with Crippen molar-refractivity contribution in [3.05, 3.63) is 66.0 Å². The van der Waals surface area contributed by atoms with Crippen molar-refractivity contribution in [3.63, 3.8) is 0 Å². The first-order chi connectivity index (χ1) is 9.29. The summed E-state index contributed by atoms with van der Waals surface area (Å²) in [6.07, 6.45) is 0.957. The lowest BCUT2D eigenvalue weighted by Crippen LogP contribution is -2.30. The maximum Gasteiger partial charge on any atom is 0.136 e. The van der Waals surface area contributed by atoms with Gasteiger partial charge in [-0.1, -0.05) is 42.5 Å². The average Bonchev–Trinajstić information content (AvgIpc) is 2.46. The zero-order chi connectivity index (χ0) is 13.5. The summed E-state index contributed by atoms with van der Waals surface area (Å²) in [4.78, 5) is 0.718. The second kappa shape index (κ2) is 7.31. The van der Waals surface area contributed by atoms with E-state index in [9.17, 15) is 4.39 Å². The molecule has 0 fully saturated rings. The number of halogens is 1. The van der Waals surface area contributed by atoms with Gasteiger partial charge in [0.05, 0.1) is 0 Å². The van der Waals surface area contributed by atoms with Gasteiger partial charge in [0.1, 0.15) is 5.82 Å². The minimum absolute atomic E-state index is 0.137. The molecular weight excluding hydrogens is 257 g/mol. The summed E-state index contributed by atoms with van der Waals surface area (Å²) in [5.41, 5.74) is 1.30. The van der Waals surface area contributed by atoms with Gasteiger partial charge in [0, 0.05) is 16.7 Å². The van der Waals surface area contributed by atoms with E-state index in [2.05, 4.69) is 17.4 Å². The Balaban J connectivity index is 1.91. The van der Waals surface area contributed by atoms with Crippen LogP contribution in [0.25, 0.3) is 0 Å². The molecule has 0 saturated carbocycles. The third kappa shape index (κ3) is 4.37. The van der Waals surface area contributed by atoms with Gasteiger partial charge in [0.2, 0.25) is 0 Å². The Labute approximate surface area is 118 Å². The van der Waals surface area contributed by atoms with E-state index >= 15 is 0 Å². The molecule has 0 aliphatic carbocycles. The Morgan fingerprint density at radius 2 is 1.74 bits per heavy atom. The smallest absolute Gasteiger partial charge is 0.136 e. The molecule has 0 amide bonds. The van der Waals surface area contributed by atoms with Crippen LogP contribution in [-0.4, -0.2) is 18.8 Å². The minimum Gasteiger partial charge on any atom is -0.316 e. The highest BCUT2D eigenvalue weighted by molar-refractivity contribution is 7.99. The van der Waals surface area contributed by atoms with E-state index in [1.165, 1.54) is 11.6 Å². The number of hydrogen-bond donors (Lipinski definition) is 1. The quantitative estimate of drug-likeness (QED) is 0.806. The Bertz CT molecular complexity index is 501. The fourth-order valence-electron chi connectivity index (χ4n) is 1.90. The zero-order valence-corrected chi connectivity index (χ0v) is 11.8. The summed E-state index contributed by atoms with van der Waals surface area (Å²) in [5.74, 6) is 0.717. The first-order valence-corrected chi connectivity index (χ1v) is 7.36. The number of benzene rings is 2. The number of rotatable bonds is 6. The maximum absolute atomic E-state index is 13.5. The SMILES string of the molecule is CNC(CSc1ccccc1F)Cc1ccccc1. The minimum atomic E-state index is -0.137. The molecule has 0 aliphatic rings. The number of likely N-dealkylation sites (N-methyl/N-ethyl adjacent to an activating group) is 1. The van der Waals surface area contributed by atoms with Crippen LogP contribution in [0, 0.1) is 5.82 Å². The molecule has 3 heteroatoms. The predicted octanol–water partition coefficient (Wildman–Crippen LogP) is 3.75. The average molecular weight is 275 g/mol. The largest absolute Gasteiger partial charge is 0.316 e. The Morgan fingerprint density at radius 1 is 1.05 bits per heavy atom. The molecule has 0 spiro atoms. The summed E-state index contributed by atoms with van der Waals surface area (Å²) < 4.78 is 13.5. The lowest BCUT2D eigenvalue weighted by atomic mass is 10.1. The van der Waals surface area contributed by atoms with Crippen LogP contribution in [0.4, 0.5) is 4.39 Å². The predicted molar refractivity (Wildman–Crippen MR) is 80.1 cm³/mol. The molecule has 100 valence electrons. The first kappa shape index (κ1) is 14.1. The van der Waals surface area contributed by atoms with Crippen molar-refractivity contribution >= 4 is 11.8 Å². The lowest BCUT2D eigenvalue weighted by Gasteiger charge is -2.16. The molecule has 0 heterocycles. The van der Waals surface area contributed by atoms with Gasteiger partial charge in [-0.2, -0.15) is 0 Å². The molecule has 1 unspecified atom stereocenters. The summed E-state index contributed by atoms with van der Waals surface area (Å²) in [5, 5.41) is 3.30. The van der Waals surface area contributed by atoms with Gasteiger partial charge in [-0.15, -0.1) is 11.8 Å². The van der Waals surface area contributed by atoms with Gasteiger partial charge in [-0.25, -0.2) is 4.39 Å². The van der Waals surface area contributed by atoms with E-state index < -0.39 is 0 Å². The monoisotopic (exact) mass is 275 g/mol. The Morgan fingerprint density at radius 3 is 2.42 bits per heavy atom. The molecule has 0 radical (unpaired) electrons. The molecule has 2 rings (SSSR count). The number of thioether (sulfide) groups is 1. The van der Waals surface area contributed by atoms with E-state index in [4.69, 9.17) is 0 Å². The highest BCUT2D eigenvalue weighted by Gasteiger charge is 2.09. The van der Waals surface area contributed by atoms with Crippen molar-refractivity contribution in [3.8, 4) is 0 Å².